The van der Waals surface area contributed by atoms with E-state index in [-0.39, 0.29) is 11.1 Å². The van der Waals surface area contributed by atoms with E-state index in [9.17, 15) is 14.0 Å². The Hall–Kier alpha value is -2.69. The van der Waals surface area contributed by atoms with E-state index in [1.807, 2.05) is 0 Å². The molecule has 4 nitrogen and oxygen atoms in total. The van der Waals surface area contributed by atoms with Crippen molar-refractivity contribution in [1.29, 1.82) is 0 Å². The molecule has 0 aliphatic heterocycles. The fraction of sp³-hybridized carbons (Fsp3) is 0.0667. The van der Waals surface area contributed by atoms with Crippen molar-refractivity contribution in [2.45, 2.75) is 0 Å². The molecule has 3 rings (SSSR count). The molecule has 0 spiro atoms. The first-order chi connectivity index (χ1) is 9.58. The van der Waals surface area contributed by atoms with Crippen LogP contribution in [0.3, 0.4) is 0 Å². The summed E-state index contributed by atoms with van der Waals surface area (Å²) in [4.78, 5) is 23.6. The number of fused-ring (bicyclic) bond motifs is 1. The molecule has 0 aliphatic rings. The monoisotopic (exact) mass is 271 g/mol. The number of halogens is 1. The zero-order chi connectivity index (χ0) is 14.3. The van der Waals surface area contributed by atoms with Gasteiger partial charge in [-0.25, -0.2) is 9.18 Å². The highest BCUT2D eigenvalue weighted by molar-refractivity contribution is 6.10. The fourth-order valence-electron chi connectivity index (χ4n) is 2.08. The summed E-state index contributed by atoms with van der Waals surface area (Å²) in [6.45, 7) is 0. The largest absolute Gasteiger partial charge is 0.419 e. The van der Waals surface area contributed by atoms with E-state index >= 15 is 0 Å². The smallest absolute Gasteiger partial charge is 0.408 e. The van der Waals surface area contributed by atoms with E-state index in [0.717, 1.165) is 0 Å². The summed E-state index contributed by atoms with van der Waals surface area (Å²) in [5.74, 6) is -1.53. The van der Waals surface area contributed by atoms with Crippen molar-refractivity contribution in [3.05, 3.63) is 70.0 Å². The SMILES string of the molecule is Cn1c(=O)oc2cc(C(=O)c3ccccc3F)ccc21. The second-order valence-electron chi connectivity index (χ2n) is 4.42. The third kappa shape index (κ3) is 1.84. The summed E-state index contributed by atoms with van der Waals surface area (Å²) in [7, 11) is 1.58. The van der Waals surface area contributed by atoms with Gasteiger partial charge in [0.1, 0.15) is 5.82 Å². The number of aryl methyl sites for hydroxylation is 1. The van der Waals surface area contributed by atoms with Gasteiger partial charge in [0.15, 0.2) is 11.4 Å². The maximum absolute atomic E-state index is 13.6. The van der Waals surface area contributed by atoms with Crippen LogP contribution >= 0.6 is 0 Å². The lowest BCUT2D eigenvalue weighted by Crippen LogP contribution is -2.08. The molecule has 20 heavy (non-hydrogen) atoms. The predicted octanol–water partition coefficient (Wildman–Crippen LogP) is 2.50. The van der Waals surface area contributed by atoms with Crippen molar-refractivity contribution < 1.29 is 13.6 Å². The number of hydrogen-bond acceptors (Lipinski definition) is 3. The summed E-state index contributed by atoms with van der Waals surface area (Å²) < 4.78 is 20.0. The standard InChI is InChI=1S/C15H10FNO3/c1-17-12-7-6-9(8-13(12)20-15(17)19)14(18)10-4-2-3-5-11(10)16/h2-8H,1H3. The van der Waals surface area contributed by atoms with Crippen LogP contribution in [0.1, 0.15) is 15.9 Å². The number of nitrogens with zero attached hydrogens (tertiary/aromatic N) is 1. The Morgan fingerprint density at radius 1 is 1.20 bits per heavy atom. The van der Waals surface area contributed by atoms with Crippen LogP contribution in [0.2, 0.25) is 0 Å². The van der Waals surface area contributed by atoms with Crippen molar-refractivity contribution >= 4 is 16.9 Å². The van der Waals surface area contributed by atoms with Crippen LogP contribution in [0.4, 0.5) is 4.39 Å². The van der Waals surface area contributed by atoms with Crippen LogP contribution in [-0.4, -0.2) is 10.4 Å². The molecule has 100 valence electrons. The second kappa shape index (κ2) is 4.45. The summed E-state index contributed by atoms with van der Waals surface area (Å²) in [6.07, 6.45) is 0. The van der Waals surface area contributed by atoms with Gasteiger partial charge in [-0.05, 0) is 30.3 Å². The van der Waals surface area contributed by atoms with E-state index in [4.69, 9.17) is 4.42 Å². The van der Waals surface area contributed by atoms with Crippen LogP contribution in [-0.2, 0) is 7.05 Å². The molecule has 1 heterocycles. The number of carbonyl (C=O) groups is 1. The normalized spacial score (nSPS) is 10.9. The van der Waals surface area contributed by atoms with E-state index < -0.39 is 17.4 Å². The van der Waals surface area contributed by atoms with Gasteiger partial charge in [-0.3, -0.25) is 9.36 Å². The lowest BCUT2D eigenvalue weighted by molar-refractivity contribution is 0.103. The van der Waals surface area contributed by atoms with E-state index in [2.05, 4.69) is 0 Å². The lowest BCUT2D eigenvalue weighted by atomic mass is 10.0. The van der Waals surface area contributed by atoms with Gasteiger partial charge in [0.05, 0.1) is 11.1 Å². The maximum Gasteiger partial charge on any atom is 0.419 e. The quantitative estimate of drug-likeness (QED) is 0.673. The minimum absolute atomic E-state index is 0.00914. The Balaban J connectivity index is 2.13. The molecular weight excluding hydrogens is 261 g/mol. The zero-order valence-corrected chi connectivity index (χ0v) is 10.6. The van der Waals surface area contributed by atoms with Gasteiger partial charge in [-0.2, -0.15) is 0 Å². The second-order valence-corrected chi connectivity index (χ2v) is 4.42. The Morgan fingerprint density at radius 3 is 2.70 bits per heavy atom. The molecule has 0 bridgehead atoms. The van der Waals surface area contributed by atoms with Crippen LogP contribution < -0.4 is 5.76 Å². The molecule has 0 aliphatic carbocycles. The fourth-order valence-corrected chi connectivity index (χ4v) is 2.08. The van der Waals surface area contributed by atoms with Gasteiger partial charge < -0.3 is 4.42 Å². The third-order valence-corrected chi connectivity index (χ3v) is 3.17. The minimum Gasteiger partial charge on any atom is -0.408 e. The van der Waals surface area contributed by atoms with E-state index in [1.54, 1.807) is 25.2 Å². The number of ketones is 1. The Kier molecular flexibility index (Phi) is 2.75. The third-order valence-electron chi connectivity index (χ3n) is 3.17. The molecule has 0 saturated heterocycles. The van der Waals surface area contributed by atoms with Crippen molar-refractivity contribution in [2.24, 2.45) is 7.05 Å². The first kappa shape index (κ1) is 12.3. The molecule has 5 heteroatoms. The molecule has 2 aromatic carbocycles. The molecule has 3 aromatic rings. The summed E-state index contributed by atoms with van der Waals surface area (Å²) in [6, 6.07) is 10.4. The lowest BCUT2D eigenvalue weighted by Gasteiger charge is -2.02. The Morgan fingerprint density at radius 2 is 1.95 bits per heavy atom. The maximum atomic E-state index is 13.6. The van der Waals surface area contributed by atoms with E-state index in [1.165, 1.54) is 28.8 Å². The molecule has 0 radical (unpaired) electrons. The topological polar surface area (TPSA) is 52.2 Å². The van der Waals surface area contributed by atoms with Crippen LogP contribution in [0.5, 0.6) is 0 Å². The summed E-state index contributed by atoms with van der Waals surface area (Å²) in [5, 5.41) is 0. The number of oxazole rings is 1. The highest BCUT2D eigenvalue weighted by atomic mass is 19.1. The molecule has 0 atom stereocenters. The molecule has 0 fully saturated rings. The number of carbonyl (C=O) groups excluding carboxylic acids is 1. The average molecular weight is 271 g/mol. The van der Waals surface area contributed by atoms with Crippen LogP contribution in [0.25, 0.3) is 11.1 Å². The molecule has 0 N–H and O–H groups in total. The Bertz CT molecular complexity index is 876. The molecule has 1 aromatic heterocycles. The number of aromatic nitrogens is 1. The first-order valence-electron chi connectivity index (χ1n) is 5.97. The van der Waals surface area contributed by atoms with Gasteiger partial charge in [0, 0.05) is 12.6 Å². The molecule has 0 amide bonds. The highest BCUT2D eigenvalue weighted by Gasteiger charge is 2.15. The highest BCUT2D eigenvalue weighted by Crippen LogP contribution is 2.18. The van der Waals surface area contributed by atoms with Gasteiger partial charge in [0.2, 0.25) is 0 Å². The molecular formula is C15H10FNO3. The van der Waals surface area contributed by atoms with Crippen molar-refractivity contribution in [3.8, 4) is 0 Å². The predicted molar refractivity (Wildman–Crippen MR) is 71.3 cm³/mol. The van der Waals surface area contributed by atoms with Gasteiger partial charge in [0.25, 0.3) is 0 Å². The number of hydrogen-bond donors (Lipinski definition) is 0. The summed E-state index contributed by atoms with van der Waals surface area (Å²) >= 11 is 0. The van der Waals surface area contributed by atoms with Crippen molar-refractivity contribution in [3.63, 3.8) is 0 Å². The minimum atomic E-state index is -0.577. The zero-order valence-electron chi connectivity index (χ0n) is 10.6. The molecule has 0 saturated carbocycles. The van der Waals surface area contributed by atoms with Gasteiger partial charge >= 0.3 is 5.76 Å². The molecule has 0 unspecified atom stereocenters. The van der Waals surface area contributed by atoms with Crippen molar-refractivity contribution in [2.75, 3.05) is 0 Å². The number of benzene rings is 2. The number of rotatable bonds is 2. The van der Waals surface area contributed by atoms with Gasteiger partial charge in [-0.1, -0.05) is 12.1 Å². The van der Waals surface area contributed by atoms with Gasteiger partial charge in [-0.15, -0.1) is 0 Å². The van der Waals surface area contributed by atoms with Crippen LogP contribution in [0.15, 0.2) is 51.7 Å². The van der Waals surface area contributed by atoms with Crippen LogP contribution in [0, 0.1) is 5.82 Å². The van der Waals surface area contributed by atoms with E-state index in [0.29, 0.717) is 11.1 Å². The average Bonchev–Trinajstić information content (AvgIpc) is 2.73. The Labute approximate surface area is 113 Å². The first-order valence-corrected chi connectivity index (χ1v) is 5.97. The summed E-state index contributed by atoms with van der Waals surface area (Å²) in [5.41, 5.74) is 1.15. The van der Waals surface area contributed by atoms with Crippen molar-refractivity contribution in [1.82, 2.24) is 4.57 Å².